The third-order valence-corrected chi connectivity index (χ3v) is 3.01. The first-order valence-corrected chi connectivity index (χ1v) is 5.08. The van der Waals surface area contributed by atoms with Crippen molar-refractivity contribution in [3.8, 4) is 0 Å². The molecule has 1 unspecified atom stereocenters. The molecule has 15 heavy (non-hydrogen) atoms. The summed E-state index contributed by atoms with van der Waals surface area (Å²) in [6, 6.07) is -0.722. The van der Waals surface area contributed by atoms with E-state index in [9.17, 15) is 9.59 Å². The molecule has 0 aromatic heterocycles. The molecule has 0 spiro atoms. The van der Waals surface area contributed by atoms with Crippen molar-refractivity contribution in [3.63, 3.8) is 0 Å². The van der Waals surface area contributed by atoms with Crippen LogP contribution in [0.25, 0.3) is 0 Å². The molecule has 0 aliphatic carbocycles. The summed E-state index contributed by atoms with van der Waals surface area (Å²) in [5.74, 6) is -0.656. The normalized spacial score (nSPS) is 35.0. The Kier molecular flexibility index (Phi) is 2.62. The monoisotopic (exact) mass is 213 g/mol. The number of nitrogens with zero attached hydrogens (tertiary/aromatic N) is 1. The first-order valence-electron chi connectivity index (χ1n) is 5.08. The van der Waals surface area contributed by atoms with Crippen molar-refractivity contribution in [2.75, 3.05) is 13.2 Å². The Bertz CT molecular complexity index is 294. The van der Waals surface area contributed by atoms with Crippen LogP contribution in [-0.4, -0.2) is 48.1 Å². The molecular weight excluding hydrogens is 198 g/mol. The average Bonchev–Trinajstić information content (AvgIpc) is 2.47. The van der Waals surface area contributed by atoms with Gasteiger partial charge in [-0.1, -0.05) is 0 Å². The lowest BCUT2D eigenvalue weighted by atomic mass is 10.00. The second-order valence-corrected chi connectivity index (χ2v) is 3.98. The quantitative estimate of drug-likeness (QED) is 0.564. The van der Waals surface area contributed by atoms with Crippen molar-refractivity contribution in [1.29, 1.82) is 0 Å². The first-order chi connectivity index (χ1) is 7.11. The molecule has 2 aliphatic heterocycles. The van der Waals surface area contributed by atoms with Gasteiger partial charge in [0.25, 0.3) is 5.91 Å². The minimum atomic E-state index is -0.591. The molecule has 2 rings (SSSR count). The molecule has 0 bridgehead atoms. The fraction of sp³-hybridized carbons (Fsp3) is 0.778. The summed E-state index contributed by atoms with van der Waals surface area (Å²) in [7, 11) is 0. The first kappa shape index (κ1) is 10.4. The van der Waals surface area contributed by atoms with Crippen molar-refractivity contribution in [2.45, 2.75) is 31.0 Å². The SMILES string of the molecule is NC(=O)C1CCN1C(=O)[C@H]1OCC[C@H]1N. The summed E-state index contributed by atoms with van der Waals surface area (Å²) < 4.78 is 5.24. The summed E-state index contributed by atoms with van der Waals surface area (Å²) in [6.45, 7) is 1.08. The van der Waals surface area contributed by atoms with Crippen LogP contribution >= 0.6 is 0 Å². The molecule has 6 nitrogen and oxygen atoms in total. The Balaban J connectivity index is 1.99. The molecule has 3 atom stereocenters. The second-order valence-electron chi connectivity index (χ2n) is 3.98. The lowest BCUT2D eigenvalue weighted by Crippen LogP contribution is -2.61. The van der Waals surface area contributed by atoms with E-state index in [0.29, 0.717) is 26.0 Å². The van der Waals surface area contributed by atoms with Gasteiger partial charge in [0.05, 0.1) is 0 Å². The van der Waals surface area contributed by atoms with Gasteiger partial charge in [0.1, 0.15) is 6.04 Å². The molecule has 6 heteroatoms. The molecule has 0 saturated carbocycles. The summed E-state index contributed by atoms with van der Waals surface area (Å²) >= 11 is 0. The number of ether oxygens (including phenoxy) is 1. The molecule has 2 amide bonds. The topological polar surface area (TPSA) is 98.7 Å². The predicted molar refractivity (Wildman–Crippen MR) is 51.6 cm³/mol. The molecule has 0 aromatic rings. The molecule has 0 aromatic carbocycles. The number of amides is 2. The highest BCUT2D eigenvalue weighted by Gasteiger charge is 2.42. The minimum absolute atomic E-state index is 0.199. The number of likely N-dealkylation sites (tertiary alicyclic amines) is 1. The number of primary amides is 1. The molecule has 2 aliphatic rings. The molecule has 2 saturated heterocycles. The van der Waals surface area contributed by atoms with E-state index >= 15 is 0 Å². The summed E-state index contributed by atoms with van der Waals surface area (Å²) in [5, 5.41) is 0. The van der Waals surface area contributed by atoms with E-state index in [2.05, 4.69) is 0 Å². The van der Waals surface area contributed by atoms with Gasteiger partial charge in [0.2, 0.25) is 5.91 Å². The van der Waals surface area contributed by atoms with Gasteiger partial charge >= 0.3 is 0 Å². The zero-order valence-electron chi connectivity index (χ0n) is 8.39. The van der Waals surface area contributed by atoms with Crippen LogP contribution in [0.2, 0.25) is 0 Å². The van der Waals surface area contributed by atoms with Crippen molar-refractivity contribution in [2.24, 2.45) is 11.5 Å². The Morgan fingerprint density at radius 1 is 1.33 bits per heavy atom. The maximum absolute atomic E-state index is 11.9. The maximum atomic E-state index is 11.9. The zero-order valence-corrected chi connectivity index (χ0v) is 8.39. The number of hydrogen-bond acceptors (Lipinski definition) is 4. The summed E-state index contributed by atoms with van der Waals surface area (Å²) in [5.41, 5.74) is 10.9. The lowest BCUT2D eigenvalue weighted by molar-refractivity contribution is -0.154. The minimum Gasteiger partial charge on any atom is -0.368 e. The van der Waals surface area contributed by atoms with Gasteiger partial charge in [0, 0.05) is 19.2 Å². The summed E-state index contributed by atoms with van der Waals surface area (Å²) in [6.07, 6.45) is 0.737. The van der Waals surface area contributed by atoms with Gasteiger partial charge in [-0.2, -0.15) is 0 Å². The number of carbonyl (C=O) groups is 2. The summed E-state index contributed by atoms with van der Waals surface area (Å²) in [4.78, 5) is 24.3. The van der Waals surface area contributed by atoms with Crippen LogP contribution < -0.4 is 11.5 Å². The Hall–Kier alpha value is -1.14. The smallest absolute Gasteiger partial charge is 0.254 e. The lowest BCUT2D eigenvalue weighted by Gasteiger charge is -2.40. The molecular formula is C9H15N3O3. The van der Waals surface area contributed by atoms with Crippen LogP contribution in [0.1, 0.15) is 12.8 Å². The highest BCUT2D eigenvalue weighted by molar-refractivity contribution is 5.90. The Labute approximate surface area is 87.5 Å². The predicted octanol–water partition coefficient (Wildman–Crippen LogP) is -1.81. The fourth-order valence-electron chi connectivity index (χ4n) is 1.97. The van der Waals surface area contributed by atoms with Crippen LogP contribution in [-0.2, 0) is 14.3 Å². The van der Waals surface area contributed by atoms with Gasteiger partial charge in [-0.05, 0) is 12.8 Å². The molecule has 4 N–H and O–H groups in total. The van der Waals surface area contributed by atoms with Gasteiger partial charge in [-0.15, -0.1) is 0 Å². The standard InChI is InChI=1S/C9H15N3O3/c10-5-2-4-15-7(5)9(14)12-3-1-6(12)8(11)13/h5-7H,1-4,10H2,(H2,11,13)/t5-,6?,7+/m1/s1. The third-order valence-electron chi connectivity index (χ3n) is 3.01. The van der Waals surface area contributed by atoms with Crippen LogP contribution in [0.5, 0.6) is 0 Å². The van der Waals surface area contributed by atoms with Crippen molar-refractivity contribution in [1.82, 2.24) is 4.90 Å². The second kappa shape index (κ2) is 3.79. The zero-order chi connectivity index (χ0) is 11.0. The van der Waals surface area contributed by atoms with Gasteiger partial charge < -0.3 is 21.1 Å². The van der Waals surface area contributed by atoms with Gasteiger partial charge in [0.15, 0.2) is 6.10 Å². The molecule has 0 radical (unpaired) electrons. The highest BCUT2D eigenvalue weighted by Crippen LogP contribution is 2.22. The van der Waals surface area contributed by atoms with E-state index < -0.39 is 18.1 Å². The highest BCUT2D eigenvalue weighted by atomic mass is 16.5. The van der Waals surface area contributed by atoms with Crippen LogP contribution in [0.3, 0.4) is 0 Å². The molecule has 2 fully saturated rings. The Morgan fingerprint density at radius 3 is 2.47 bits per heavy atom. The van der Waals surface area contributed by atoms with Crippen molar-refractivity contribution in [3.05, 3.63) is 0 Å². The van der Waals surface area contributed by atoms with Gasteiger partial charge in [-0.25, -0.2) is 0 Å². The van der Waals surface area contributed by atoms with Crippen LogP contribution in [0, 0.1) is 0 Å². The van der Waals surface area contributed by atoms with E-state index in [1.54, 1.807) is 0 Å². The maximum Gasteiger partial charge on any atom is 0.254 e. The average molecular weight is 213 g/mol. The largest absolute Gasteiger partial charge is 0.368 e. The number of nitrogens with two attached hydrogens (primary N) is 2. The number of hydrogen-bond donors (Lipinski definition) is 2. The van der Waals surface area contributed by atoms with Gasteiger partial charge in [-0.3, -0.25) is 9.59 Å². The van der Waals surface area contributed by atoms with E-state index in [-0.39, 0.29) is 11.9 Å². The van der Waals surface area contributed by atoms with E-state index in [1.807, 2.05) is 0 Å². The van der Waals surface area contributed by atoms with E-state index in [0.717, 1.165) is 0 Å². The molecule has 84 valence electrons. The van der Waals surface area contributed by atoms with Crippen molar-refractivity contribution >= 4 is 11.8 Å². The fourth-order valence-corrected chi connectivity index (χ4v) is 1.97. The third kappa shape index (κ3) is 1.70. The van der Waals surface area contributed by atoms with Crippen LogP contribution in [0.4, 0.5) is 0 Å². The number of carbonyl (C=O) groups excluding carboxylic acids is 2. The molecule has 2 heterocycles. The van der Waals surface area contributed by atoms with E-state index in [4.69, 9.17) is 16.2 Å². The number of rotatable bonds is 2. The van der Waals surface area contributed by atoms with Crippen LogP contribution in [0.15, 0.2) is 0 Å². The van der Waals surface area contributed by atoms with E-state index in [1.165, 1.54) is 4.90 Å². The van der Waals surface area contributed by atoms with Crippen molar-refractivity contribution < 1.29 is 14.3 Å². The Morgan fingerprint density at radius 2 is 2.07 bits per heavy atom.